The van der Waals surface area contributed by atoms with Crippen LogP contribution < -0.4 is 0 Å². The topological polar surface area (TPSA) is 104 Å². The van der Waals surface area contributed by atoms with E-state index in [1.807, 2.05) is 148 Å². The van der Waals surface area contributed by atoms with Crippen LogP contribution in [-0.4, -0.2) is 19.9 Å². The van der Waals surface area contributed by atoms with E-state index in [1.165, 1.54) is 125 Å². The van der Waals surface area contributed by atoms with Gasteiger partial charge in [-0.3, -0.25) is 0 Å². The Kier molecular flexibility index (Phi) is 17.2. The van der Waals surface area contributed by atoms with Gasteiger partial charge in [-0.15, -0.1) is 45.3 Å². The van der Waals surface area contributed by atoms with E-state index in [-0.39, 0.29) is 0 Å². The first-order chi connectivity index (χ1) is 57.5. The first-order valence-corrected chi connectivity index (χ1v) is 41.6. The third kappa shape index (κ3) is 12.3. The number of aromatic nitrogens is 4. The lowest BCUT2D eigenvalue weighted by atomic mass is 9.94. The predicted octanol–water partition coefficient (Wildman–Crippen LogP) is 31.3. The molecule has 0 bridgehead atoms. The minimum Gasteiger partial charge on any atom is -0.436 e. The first kappa shape index (κ1) is 68.6. The zero-order chi connectivity index (χ0) is 76.6. The van der Waals surface area contributed by atoms with Gasteiger partial charge in [-0.1, -0.05) is 267 Å². The van der Waals surface area contributed by atoms with Crippen molar-refractivity contribution >= 4 is 181 Å². The summed E-state index contributed by atoms with van der Waals surface area (Å²) in [4.78, 5) is 18.7. The fourth-order valence-corrected chi connectivity index (χ4v) is 21.0. The summed E-state index contributed by atoms with van der Waals surface area (Å²) in [6.07, 6.45) is 0. The van der Waals surface area contributed by atoms with E-state index in [0.29, 0.717) is 23.6 Å². The smallest absolute Gasteiger partial charge is 0.227 e. The van der Waals surface area contributed by atoms with Gasteiger partial charge in [0, 0.05) is 114 Å². The highest BCUT2D eigenvalue weighted by atomic mass is 32.1. The van der Waals surface area contributed by atoms with Crippen molar-refractivity contribution in [3.8, 4) is 90.3 Å². The molecule has 0 aliphatic heterocycles. The highest BCUT2D eigenvalue weighted by Gasteiger charge is 2.21. The average Bonchev–Trinajstić information content (AvgIpc) is 1.57. The lowest BCUT2D eigenvalue weighted by Crippen LogP contribution is -1.85. The summed E-state index contributed by atoms with van der Waals surface area (Å²) in [5.74, 6) is 2.64. The lowest BCUT2D eigenvalue weighted by molar-refractivity contribution is 0.619. The molecule has 0 aliphatic rings. The van der Waals surface area contributed by atoms with Gasteiger partial charge in [-0.25, -0.2) is 19.9 Å². The fraction of sp³-hybridized carbons (Fsp3) is 0. The number of fused-ring (bicyclic) bond motifs is 17. The molecule has 0 spiro atoms. The molecule has 17 aromatic carbocycles. The Balaban J connectivity index is 0.0000000940. The van der Waals surface area contributed by atoms with Gasteiger partial charge in [0.1, 0.15) is 22.1 Å². The maximum absolute atomic E-state index is 6.11. The van der Waals surface area contributed by atoms with Gasteiger partial charge in [0.15, 0.2) is 22.3 Å². The van der Waals surface area contributed by atoms with Crippen molar-refractivity contribution in [2.75, 3.05) is 0 Å². The van der Waals surface area contributed by atoms with Crippen molar-refractivity contribution < 1.29 is 17.7 Å². The second-order valence-corrected chi connectivity index (χ2v) is 32.7. The molecule has 8 nitrogen and oxygen atoms in total. The Hall–Kier alpha value is -14.2. The van der Waals surface area contributed by atoms with Crippen molar-refractivity contribution in [3.05, 3.63) is 376 Å². The van der Waals surface area contributed by atoms with Crippen molar-refractivity contribution in [1.29, 1.82) is 0 Å². The average molecular weight is 1560 g/mol. The number of benzene rings is 17. The Bertz CT molecular complexity index is 7960. The van der Waals surface area contributed by atoms with Gasteiger partial charge >= 0.3 is 0 Å². The van der Waals surface area contributed by atoms with Crippen molar-refractivity contribution in [3.63, 3.8) is 0 Å². The van der Waals surface area contributed by atoms with Gasteiger partial charge in [-0.05, 0) is 153 Å². The Labute approximate surface area is 680 Å². The summed E-state index contributed by atoms with van der Waals surface area (Å²) >= 11 is 7.41. The summed E-state index contributed by atoms with van der Waals surface area (Å²) in [5, 5.41) is 12.9. The molecule has 116 heavy (non-hydrogen) atoms. The maximum atomic E-state index is 6.11. The number of thiophene rings is 4. The van der Waals surface area contributed by atoms with Gasteiger partial charge in [0.25, 0.3) is 0 Å². The van der Waals surface area contributed by atoms with Gasteiger partial charge < -0.3 is 17.7 Å². The Morgan fingerprint density at radius 3 is 0.897 bits per heavy atom. The molecule has 0 saturated heterocycles. The Morgan fingerprint density at radius 2 is 0.440 bits per heavy atom. The molecular formula is C104H62N4O4S4. The minimum atomic E-state index is 0.659. The van der Waals surface area contributed by atoms with Crippen molar-refractivity contribution in [1.82, 2.24) is 19.9 Å². The molecule has 0 N–H and O–H groups in total. The molecule has 8 aromatic heterocycles. The largest absolute Gasteiger partial charge is 0.436 e. The maximum Gasteiger partial charge on any atom is 0.227 e. The Morgan fingerprint density at radius 1 is 0.164 bits per heavy atom. The van der Waals surface area contributed by atoms with Crippen molar-refractivity contribution in [2.45, 2.75) is 0 Å². The van der Waals surface area contributed by atoms with Crippen LogP contribution in [0.15, 0.2) is 394 Å². The van der Waals surface area contributed by atoms with E-state index in [9.17, 15) is 0 Å². The standard InChI is InChI=1S/C29H17NOS.3C25H15NOS/c1-4-17-27-21(8-1)23-13-7-12-22(28(23)32-27)19-10-5-11-20-18(19)9-6-14-24(20)29-30-25-15-2-3-16-26(25)31-29;1-4-14-23-19(9-1)20-11-6-10-18(24(20)28-23)16-7-5-8-17(15-16)25-26-21-12-2-3-13-22(21)27-25;1-4-11-23-19(6-1)20-8-5-7-18(24(20)28-23)16-12-14-17(15-13-16)25-26-21-9-2-3-10-22(21)27-25;1-2-10-20(25-26-21-13-4-5-14-22(21)27-25)16(8-1)18-11-7-12-19-17-9-3-6-15-23(17)28-24(18)19/h1-17H;3*1-15H. The van der Waals surface area contributed by atoms with E-state index in [0.717, 1.165) is 77.6 Å². The molecule has 0 unspecified atom stereocenters. The minimum absolute atomic E-state index is 0.659. The first-order valence-electron chi connectivity index (χ1n) is 38.4. The van der Waals surface area contributed by atoms with Crippen LogP contribution in [0.4, 0.5) is 0 Å². The SMILES string of the molecule is c1cc(-c2nc3ccccc3o2)cc(-c2cccc3c2sc2ccccc23)c1.c1ccc(-c2cccc3c2sc2ccccc23)c(-c2nc3ccccc3o2)c1.c1ccc2oc(-c3ccc(-c4cccc5c4sc4ccccc45)cc3)nc2c1.c1ccc2oc(-c3cccc4c(-c5cccc6c5sc5ccccc56)cccc34)nc2c1. The fourth-order valence-electron chi connectivity index (χ4n) is 16.1. The van der Waals surface area contributed by atoms with E-state index >= 15 is 0 Å². The van der Waals surface area contributed by atoms with Crippen LogP contribution in [-0.2, 0) is 0 Å². The molecule has 0 radical (unpaired) electrons. The molecule has 0 aliphatic carbocycles. The van der Waals surface area contributed by atoms with E-state index in [4.69, 9.17) is 27.6 Å². The number of rotatable bonds is 8. The molecule has 0 amide bonds. The lowest BCUT2D eigenvalue weighted by Gasteiger charge is -2.10. The normalized spacial score (nSPS) is 11.6. The highest BCUT2D eigenvalue weighted by molar-refractivity contribution is 7.27. The summed E-state index contributed by atoms with van der Waals surface area (Å²) in [7, 11) is 0. The second kappa shape index (κ2) is 29.1. The molecule has 0 atom stereocenters. The number of nitrogens with zero attached hydrogens (tertiary/aromatic N) is 4. The third-order valence-electron chi connectivity index (χ3n) is 21.5. The van der Waals surface area contributed by atoms with Gasteiger partial charge in [0.2, 0.25) is 23.6 Å². The van der Waals surface area contributed by atoms with Crippen LogP contribution >= 0.6 is 45.3 Å². The third-order valence-corrected chi connectivity index (χ3v) is 26.4. The summed E-state index contributed by atoms with van der Waals surface area (Å²) in [5.41, 5.74) is 20.6. The van der Waals surface area contributed by atoms with Crippen LogP contribution in [0.1, 0.15) is 0 Å². The monoisotopic (exact) mass is 1560 g/mol. The molecule has 12 heteroatoms. The van der Waals surface area contributed by atoms with Gasteiger partial charge in [-0.2, -0.15) is 0 Å². The zero-order valence-corrected chi connectivity index (χ0v) is 65.1. The number of hydrogen-bond acceptors (Lipinski definition) is 12. The molecule has 546 valence electrons. The van der Waals surface area contributed by atoms with E-state index in [2.05, 4.69) is 283 Å². The molecule has 0 saturated carbocycles. The number of para-hydroxylation sites is 8. The highest BCUT2D eigenvalue weighted by Crippen LogP contribution is 2.48. The van der Waals surface area contributed by atoms with Crippen LogP contribution in [0.2, 0.25) is 0 Å². The molecule has 25 rings (SSSR count). The van der Waals surface area contributed by atoms with Gasteiger partial charge in [0.05, 0.1) is 0 Å². The van der Waals surface area contributed by atoms with Crippen molar-refractivity contribution in [2.24, 2.45) is 0 Å². The second-order valence-electron chi connectivity index (χ2n) is 28.5. The predicted molar refractivity (Wildman–Crippen MR) is 489 cm³/mol. The van der Waals surface area contributed by atoms with Crippen LogP contribution in [0.3, 0.4) is 0 Å². The zero-order valence-electron chi connectivity index (χ0n) is 61.9. The summed E-state index contributed by atoms with van der Waals surface area (Å²) in [6.45, 7) is 0. The summed E-state index contributed by atoms with van der Waals surface area (Å²) in [6, 6.07) is 131. The van der Waals surface area contributed by atoms with Crippen LogP contribution in [0, 0.1) is 0 Å². The van der Waals surface area contributed by atoms with E-state index < -0.39 is 0 Å². The molecule has 0 fully saturated rings. The quantitative estimate of drug-likeness (QED) is 0.148. The van der Waals surface area contributed by atoms with Crippen LogP contribution in [0.25, 0.3) is 226 Å². The molecule has 8 heterocycles. The number of oxazole rings is 4. The number of hydrogen-bond donors (Lipinski definition) is 0. The summed E-state index contributed by atoms with van der Waals surface area (Å²) < 4.78 is 34.6. The van der Waals surface area contributed by atoms with E-state index in [1.54, 1.807) is 0 Å². The van der Waals surface area contributed by atoms with Crippen LogP contribution in [0.5, 0.6) is 0 Å². The molecular weight excluding hydrogens is 1500 g/mol. The molecule has 25 aromatic rings.